The van der Waals surface area contributed by atoms with Crippen molar-refractivity contribution in [2.75, 3.05) is 0 Å². The highest BCUT2D eigenvalue weighted by Crippen LogP contribution is 2.19. The van der Waals surface area contributed by atoms with E-state index in [1.54, 1.807) is 18.2 Å². The van der Waals surface area contributed by atoms with Crippen molar-refractivity contribution in [1.82, 2.24) is 10.2 Å². The predicted octanol–water partition coefficient (Wildman–Crippen LogP) is 1.07. The predicted molar refractivity (Wildman–Crippen MR) is 64.0 cm³/mol. The Hall–Kier alpha value is -2.96. The molecule has 3 N–H and O–H groups in total. The number of nitrogens with zero attached hydrogens (tertiary/aromatic N) is 2. The summed E-state index contributed by atoms with van der Waals surface area (Å²) in [6, 6.07) is 8.85. The maximum Gasteiger partial charge on any atom is 0.356 e. The zero-order chi connectivity index (χ0) is 13.8. The molecule has 0 saturated carbocycles. The monoisotopic (exact) mass is 259 g/mol. The quantitative estimate of drug-likeness (QED) is 0.848. The van der Waals surface area contributed by atoms with Crippen LogP contribution in [-0.4, -0.2) is 27.2 Å². The molecule has 1 amide bonds. The van der Waals surface area contributed by atoms with E-state index in [4.69, 9.17) is 15.6 Å². The van der Waals surface area contributed by atoms with Gasteiger partial charge in [0.1, 0.15) is 5.75 Å². The van der Waals surface area contributed by atoms with E-state index in [9.17, 15) is 9.59 Å². The van der Waals surface area contributed by atoms with Crippen LogP contribution in [0.25, 0.3) is 0 Å². The molecule has 0 saturated heterocycles. The highest BCUT2D eigenvalue weighted by atomic mass is 16.5. The molecule has 2 aromatic rings. The topological polar surface area (TPSA) is 115 Å². The zero-order valence-electron chi connectivity index (χ0n) is 9.61. The van der Waals surface area contributed by atoms with Gasteiger partial charge < -0.3 is 15.6 Å². The lowest BCUT2D eigenvalue weighted by Crippen LogP contribution is -2.10. The second-order valence-corrected chi connectivity index (χ2v) is 3.56. The largest absolute Gasteiger partial charge is 0.476 e. The first-order chi connectivity index (χ1) is 9.06. The Morgan fingerprint density at radius 1 is 1.16 bits per heavy atom. The lowest BCUT2D eigenvalue weighted by atomic mass is 10.2. The van der Waals surface area contributed by atoms with E-state index < -0.39 is 11.9 Å². The first-order valence-electron chi connectivity index (χ1n) is 5.21. The summed E-state index contributed by atoms with van der Waals surface area (Å²) >= 11 is 0. The molecule has 0 aliphatic carbocycles. The molecule has 1 aromatic carbocycles. The lowest BCUT2D eigenvalue weighted by molar-refractivity contribution is 0.0688. The van der Waals surface area contributed by atoms with Crippen molar-refractivity contribution >= 4 is 11.9 Å². The van der Waals surface area contributed by atoms with Crippen LogP contribution < -0.4 is 10.5 Å². The number of aromatic nitrogens is 2. The summed E-state index contributed by atoms with van der Waals surface area (Å²) in [5, 5.41) is 15.7. The second-order valence-electron chi connectivity index (χ2n) is 3.56. The van der Waals surface area contributed by atoms with Crippen molar-refractivity contribution in [1.29, 1.82) is 0 Å². The van der Waals surface area contributed by atoms with E-state index in [0.717, 1.165) is 0 Å². The van der Waals surface area contributed by atoms with Crippen molar-refractivity contribution in [3.8, 4) is 11.6 Å². The Morgan fingerprint density at radius 2 is 1.95 bits per heavy atom. The van der Waals surface area contributed by atoms with E-state index in [2.05, 4.69) is 10.2 Å². The summed E-state index contributed by atoms with van der Waals surface area (Å²) in [6.45, 7) is 0. The van der Waals surface area contributed by atoms with Crippen LogP contribution in [0, 0.1) is 0 Å². The number of amides is 1. The van der Waals surface area contributed by atoms with E-state index in [1.165, 1.54) is 18.2 Å². The molecule has 7 heteroatoms. The third-order valence-electron chi connectivity index (χ3n) is 2.20. The Balaban J connectivity index is 2.19. The number of rotatable bonds is 4. The summed E-state index contributed by atoms with van der Waals surface area (Å²) in [5.41, 5.74) is 5.26. The summed E-state index contributed by atoms with van der Waals surface area (Å²) in [4.78, 5) is 21.6. The van der Waals surface area contributed by atoms with Gasteiger partial charge in [0, 0.05) is 11.6 Å². The molecule has 0 atom stereocenters. The number of ether oxygens (including phenoxy) is 1. The van der Waals surface area contributed by atoms with Crippen molar-refractivity contribution < 1.29 is 19.4 Å². The van der Waals surface area contributed by atoms with Gasteiger partial charge >= 0.3 is 5.97 Å². The summed E-state index contributed by atoms with van der Waals surface area (Å²) in [6.07, 6.45) is 0. The highest BCUT2D eigenvalue weighted by Gasteiger charge is 2.07. The van der Waals surface area contributed by atoms with E-state index in [0.29, 0.717) is 11.3 Å². The number of aromatic carboxylic acids is 1. The number of hydrogen-bond acceptors (Lipinski definition) is 5. The number of nitrogens with two attached hydrogens (primary N) is 1. The standard InChI is InChI=1S/C12H9N3O4/c13-11(16)7-2-1-3-8(6-7)19-10-5-4-9(12(17)18)14-15-10/h1-6H,(H2,13,16)(H,17,18). The van der Waals surface area contributed by atoms with Crippen molar-refractivity contribution in [2.24, 2.45) is 5.73 Å². The number of carboxylic acid groups (broad SMARTS) is 1. The fourth-order valence-electron chi connectivity index (χ4n) is 1.32. The first kappa shape index (κ1) is 12.5. The fraction of sp³-hybridized carbons (Fsp3) is 0. The number of hydrogen-bond donors (Lipinski definition) is 2. The van der Waals surface area contributed by atoms with Crippen molar-refractivity contribution in [3.05, 3.63) is 47.7 Å². The van der Waals surface area contributed by atoms with Crippen LogP contribution >= 0.6 is 0 Å². The number of carboxylic acids is 1. The number of benzene rings is 1. The van der Waals surface area contributed by atoms with Gasteiger partial charge in [0.25, 0.3) is 0 Å². The van der Waals surface area contributed by atoms with Gasteiger partial charge in [-0.2, -0.15) is 0 Å². The molecule has 0 spiro atoms. The third-order valence-corrected chi connectivity index (χ3v) is 2.20. The summed E-state index contributed by atoms with van der Waals surface area (Å²) < 4.78 is 5.33. The molecule has 0 aliphatic rings. The smallest absolute Gasteiger partial charge is 0.356 e. The van der Waals surface area contributed by atoms with Crippen LogP contribution in [-0.2, 0) is 0 Å². The minimum Gasteiger partial charge on any atom is -0.476 e. The Bertz CT molecular complexity index is 625. The molecule has 1 heterocycles. The fourth-order valence-corrected chi connectivity index (χ4v) is 1.32. The molecular weight excluding hydrogens is 250 g/mol. The Kier molecular flexibility index (Phi) is 3.37. The SMILES string of the molecule is NC(=O)c1cccc(Oc2ccc(C(=O)O)nn2)c1. The van der Waals surface area contributed by atoms with Crippen molar-refractivity contribution in [3.63, 3.8) is 0 Å². The minimum absolute atomic E-state index is 0.117. The van der Waals surface area contributed by atoms with Gasteiger partial charge in [-0.15, -0.1) is 10.2 Å². The van der Waals surface area contributed by atoms with Crippen LogP contribution in [0.3, 0.4) is 0 Å². The first-order valence-corrected chi connectivity index (χ1v) is 5.21. The van der Waals surface area contributed by atoms with Gasteiger partial charge in [0.15, 0.2) is 5.69 Å². The number of primary amides is 1. The molecule has 2 rings (SSSR count). The Morgan fingerprint density at radius 3 is 2.53 bits per heavy atom. The molecule has 1 aromatic heterocycles. The lowest BCUT2D eigenvalue weighted by Gasteiger charge is -2.04. The van der Waals surface area contributed by atoms with Crippen LogP contribution in [0.15, 0.2) is 36.4 Å². The maximum absolute atomic E-state index is 11.0. The van der Waals surface area contributed by atoms with Crippen LogP contribution in [0.4, 0.5) is 0 Å². The molecule has 0 unspecified atom stereocenters. The van der Waals surface area contributed by atoms with Gasteiger partial charge in [0.05, 0.1) is 0 Å². The van der Waals surface area contributed by atoms with Crippen LogP contribution in [0.1, 0.15) is 20.8 Å². The van der Waals surface area contributed by atoms with Gasteiger partial charge in [0.2, 0.25) is 11.8 Å². The zero-order valence-corrected chi connectivity index (χ0v) is 9.61. The van der Waals surface area contributed by atoms with E-state index in [-0.39, 0.29) is 11.6 Å². The Labute approximate surface area is 107 Å². The molecule has 0 aliphatic heterocycles. The van der Waals surface area contributed by atoms with E-state index >= 15 is 0 Å². The maximum atomic E-state index is 11.0. The molecule has 0 radical (unpaired) electrons. The van der Waals surface area contributed by atoms with Gasteiger partial charge in [-0.05, 0) is 24.3 Å². The normalized spacial score (nSPS) is 9.89. The average molecular weight is 259 g/mol. The van der Waals surface area contributed by atoms with Crippen LogP contribution in [0.5, 0.6) is 11.6 Å². The van der Waals surface area contributed by atoms with E-state index in [1.807, 2.05) is 0 Å². The summed E-state index contributed by atoms with van der Waals surface area (Å²) in [7, 11) is 0. The molecule has 0 fully saturated rings. The minimum atomic E-state index is -1.17. The number of carbonyl (C=O) groups is 2. The van der Waals surface area contributed by atoms with Crippen molar-refractivity contribution in [2.45, 2.75) is 0 Å². The van der Waals surface area contributed by atoms with Gasteiger partial charge in [-0.1, -0.05) is 6.07 Å². The second kappa shape index (κ2) is 5.13. The average Bonchev–Trinajstić information content (AvgIpc) is 2.39. The van der Waals surface area contributed by atoms with Gasteiger partial charge in [-0.3, -0.25) is 4.79 Å². The van der Waals surface area contributed by atoms with Crippen LogP contribution in [0.2, 0.25) is 0 Å². The third kappa shape index (κ3) is 3.03. The molecule has 7 nitrogen and oxygen atoms in total. The highest BCUT2D eigenvalue weighted by molar-refractivity contribution is 5.93. The molecular formula is C12H9N3O4. The molecule has 0 bridgehead atoms. The molecule has 19 heavy (non-hydrogen) atoms. The molecule has 96 valence electrons. The number of carbonyl (C=O) groups excluding carboxylic acids is 1. The van der Waals surface area contributed by atoms with Gasteiger partial charge in [-0.25, -0.2) is 4.79 Å². The summed E-state index contributed by atoms with van der Waals surface area (Å²) in [5.74, 6) is -1.27.